The Morgan fingerprint density at radius 2 is 1.92 bits per heavy atom. The molecule has 0 aromatic rings. The molecule has 0 spiro atoms. The van der Waals surface area contributed by atoms with Gasteiger partial charge in [0.05, 0.1) is 12.2 Å². The van der Waals surface area contributed by atoms with Crippen molar-refractivity contribution in [2.24, 2.45) is 5.92 Å². The number of fused-ring (bicyclic) bond motifs is 4. The van der Waals surface area contributed by atoms with E-state index in [9.17, 15) is 10.2 Å². The van der Waals surface area contributed by atoms with E-state index in [1.165, 1.54) is 0 Å². The average Bonchev–Trinajstić information content (AvgIpc) is 2.23. The van der Waals surface area contributed by atoms with Gasteiger partial charge in [-0.1, -0.05) is 0 Å². The number of piperidine rings is 1. The molecule has 12 heavy (non-hydrogen) atoms. The fourth-order valence-corrected chi connectivity index (χ4v) is 2.53. The van der Waals surface area contributed by atoms with Crippen LogP contribution in [0.5, 0.6) is 0 Å². The predicted molar refractivity (Wildman–Crippen MR) is 45.8 cm³/mol. The van der Waals surface area contributed by atoms with Crippen molar-refractivity contribution in [2.45, 2.75) is 37.5 Å². The van der Waals surface area contributed by atoms with Crippen LogP contribution in [0.15, 0.2) is 0 Å². The van der Waals surface area contributed by atoms with Crippen LogP contribution in [0, 0.1) is 5.92 Å². The van der Waals surface area contributed by atoms with Crippen LogP contribution in [0.25, 0.3) is 0 Å². The Morgan fingerprint density at radius 1 is 1.17 bits per heavy atom. The fourth-order valence-electron chi connectivity index (χ4n) is 2.53. The summed E-state index contributed by atoms with van der Waals surface area (Å²) in [7, 11) is 2.08. The lowest BCUT2D eigenvalue weighted by molar-refractivity contribution is -0.0286. The Bertz CT molecular complexity index is 170. The Balaban J connectivity index is 2.17. The highest BCUT2D eigenvalue weighted by Gasteiger charge is 2.39. The summed E-state index contributed by atoms with van der Waals surface area (Å²) < 4.78 is 0. The molecule has 3 aliphatic rings. The van der Waals surface area contributed by atoms with E-state index >= 15 is 0 Å². The molecule has 4 atom stereocenters. The first-order valence-corrected chi connectivity index (χ1v) is 4.75. The first-order chi connectivity index (χ1) is 5.68. The van der Waals surface area contributed by atoms with E-state index in [0.29, 0.717) is 6.04 Å². The molecule has 1 saturated carbocycles. The minimum absolute atomic E-state index is 0.0914. The number of hydrogen-bond acceptors (Lipinski definition) is 3. The number of aliphatic hydroxyl groups is 2. The maximum Gasteiger partial charge on any atom is 0.0620 e. The zero-order valence-electron chi connectivity index (χ0n) is 7.48. The Morgan fingerprint density at radius 3 is 2.67 bits per heavy atom. The van der Waals surface area contributed by atoms with E-state index < -0.39 is 0 Å². The van der Waals surface area contributed by atoms with Gasteiger partial charge in [0, 0.05) is 18.5 Å². The van der Waals surface area contributed by atoms with Gasteiger partial charge in [-0.05, 0) is 26.3 Å². The number of rotatable bonds is 0. The van der Waals surface area contributed by atoms with Gasteiger partial charge in [-0.25, -0.2) is 0 Å². The lowest BCUT2D eigenvalue weighted by Gasteiger charge is -2.37. The van der Waals surface area contributed by atoms with Gasteiger partial charge in [0.25, 0.3) is 0 Å². The van der Waals surface area contributed by atoms with Crippen LogP contribution in [0.3, 0.4) is 0 Å². The normalized spacial score (nSPS) is 49.2. The molecule has 3 rings (SSSR count). The van der Waals surface area contributed by atoms with Crippen LogP contribution in [0.4, 0.5) is 0 Å². The summed E-state index contributed by atoms with van der Waals surface area (Å²) in [5.74, 6) is 0.0914. The van der Waals surface area contributed by atoms with Crippen LogP contribution in [-0.4, -0.2) is 47.0 Å². The number of nitrogens with zero attached hydrogens (tertiary/aromatic N) is 1. The lowest BCUT2D eigenvalue weighted by Crippen LogP contribution is -2.47. The van der Waals surface area contributed by atoms with Crippen molar-refractivity contribution in [2.75, 3.05) is 13.6 Å². The molecule has 70 valence electrons. The zero-order valence-corrected chi connectivity index (χ0v) is 7.48. The molecule has 2 heterocycles. The number of hydrogen-bond donors (Lipinski definition) is 2. The molecule has 0 amide bonds. The van der Waals surface area contributed by atoms with Crippen molar-refractivity contribution in [1.82, 2.24) is 4.90 Å². The Kier molecular flexibility index (Phi) is 2.10. The smallest absolute Gasteiger partial charge is 0.0620 e. The van der Waals surface area contributed by atoms with Crippen molar-refractivity contribution in [3.05, 3.63) is 0 Å². The Hall–Kier alpha value is -0.120. The summed E-state index contributed by atoms with van der Waals surface area (Å²) in [5, 5.41) is 19.4. The van der Waals surface area contributed by atoms with Gasteiger partial charge in [0.1, 0.15) is 0 Å². The standard InChI is InChI=1S/C9H17NO2/c1-10-5-7-8(11)3-2-6(10)4-9(7)12/h6-9,11-12H,2-5H2,1H3. The highest BCUT2D eigenvalue weighted by Crippen LogP contribution is 2.32. The third-order valence-corrected chi connectivity index (χ3v) is 3.42. The Labute approximate surface area is 73.0 Å². The highest BCUT2D eigenvalue weighted by atomic mass is 16.3. The van der Waals surface area contributed by atoms with Crippen molar-refractivity contribution < 1.29 is 10.2 Å². The minimum atomic E-state index is -0.282. The molecule has 0 aromatic carbocycles. The summed E-state index contributed by atoms with van der Waals surface area (Å²) in [6.45, 7) is 0.854. The molecule has 2 N–H and O–H groups in total. The maximum atomic E-state index is 9.68. The predicted octanol–water partition coefficient (Wildman–Crippen LogP) is -0.178. The molecule has 3 heteroatoms. The van der Waals surface area contributed by atoms with E-state index in [2.05, 4.69) is 11.9 Å². The minimum Gasteiger partial charge on any atom is -0.393 e. The van der Waals surface area contributed by atoms with Crippen molar-refractivity contribution >= 4 is 0 Å². The van der Waals surface area contributed by atoms with Crippen LogP contribution in [0.1, 0.15) is 19.3 Å². The van der Waals surface area contributed by atoms with Crippen molar-refractivity contribution in [3.63, 3.8) is 0 Å². The third kappa shape index (κ3) is 1.26. The quantitative estimate of drug-likeness (QED) is 0.531. The molecule has 2 aliphatic heterocycles. The van der Waals surface area contributed by atoms with Crippen molar-refractivity contribution in [1.29, 1.82) is 0 Å². The second kappa shape index (κ2) is 2.98. The van der Waals surface area contributed by atoms with Gasteiger partial charge in [-0.2, -0.15) is 0 Å². The largest absolute Gasteiger partial charge is 0.393 e. The van der Waals surface area contributed by atoms with E-state index in [4.69, 9.17) is 0 Å². The van der Waals surface area contributed by atoms with E-state index in [1.807, 2.05) is 0 Å². The molecular weight excluding hydrogens is 154 g/mol. The topological polar surface area (TPSA) is 43.7 Å². The van der Waals surface area contributed by atoms with Crippen LogP contribution < -0.4 is 0 Å². The first kappa shape index (κ1) is 8.48. The lowest BCUT2D eigenvalue weighted by atomic mass is 9.90. The second-order valence-corrected chi connectivity index (χ2v) is 4.21. The third-order valence-electron chi connectivity index (χ3n) is 3.42. The van der Waals surface area contributed by atoms with Gasteiger partial charge in [0.2, 0.25) is 0 Å². The van der Waals surface area contributed by atoms with Gasteiger partial charge >= 0.3 is 0 Å². The van der Waals surface area contributed by atoms with Crippen molar-refractivity contribution in [3.8, 4) is 0 Å². The molecule has 0 aromatic heterocycles. The summed E-state index contributed by atoms with van der Waals surface area (Å²) >= 11 is 0. The van der Waals surface area contributed by atoms with E-state index in [0.717, 1.165) is 25.8 Å². The van der Waals surface area contributed by atoms with E-state index in [-0.39, 0.29) is 18.1 Å². The molecule has 4 unspecified atom stereocenters. The molecule has 2 saturated heterocycles. The molecule has 2 bridgehead atoms. The zero-order chi connectivity index (χ0) is 8.72. The van der Waals surface area contributed by atoms with Gasteiger partial charge in [-0.3, -0.25) is 0 Å². The van der Waals surface area contributed by atoms with Crippen LogP contribution in [0.2, 0.25) is 0 Å². The molecule has 3 fully saturated rings. The SMILES string of the molecule is CN1CC2C(O)CCC1CC2O. The summed E-state index contributed by atoms with van der Waals surface area (Å²) in [5.41, 5.74) is 0. The van der Waals surface area contributed by atoms with Gasteiger partial charge < -0.3 is 15.1 Å². The average molecular weight is 171 g/mol. The van der Waals surface area contributed by atoms with Crippen LogP contribution in [-0.2, 0) is 0 Å². The van der Waals surface area contributed by atoms with Crippen LogP contribution >= 0.6 is 0 Å². The molecule has 0 radical (unpaired) electrons. The maximum absolute atomic E-state index is 9.68. The summed E-state index contributed by atoms with van der Waals surface area (Å²) in [6.07, 6.45) is 2.18. The molecule has 3 nitrogen and oxygen atoms in total. The first-order valence-electron chi connectivity index (χ1n) is 4.75. The molecule has 1 aliphatic carbocycles. The molecular formula is C9H17NO2. The number of aliphatic hydroxyl groups excluding tert-OH is 2. The summed E-state index contributed by atoms with van der Waals surface area (Å²) in [6, 6.07) is 0.494. The van der Waals surface area contributed by atoms with Gasteiger partial charge in [-0.15, -0.1) is 0 Å². The second-order valence-electron chi connectivity index (χ2n) is 4.21. The van der Waals surface area contributed by atoms with Gasteiger partial charge in [0.15, 0.2) is 0 Å². The monoisotopic (exact) mass is 171 g/mol. The summed E-state index contributed by atoms with van der Waals surface area (Å²) in [4.78, 5) is 2.27. The fraction of sp³-hybridized carbons (Fsp3) is 1.00. The highest BCUT2D eigenvalue weighted by molar-refractivity contribution is 4.93. The van der Waals surface area contributed by atoms with E-state index in [1.54, 1.807) is 0 Å².